The summed E-state index contributed by atoms with van der Waals surface area (Å²) in [6.07, 6.45) is 0.377. The van der Waals surface area contributed by atoms with Crippen LogP contribution in [0.15, 0.2) is 24.3 Å². The number of rotatable bonds is 7. The SMILES string of the molecule is CC(=O)Oc1cccc(C(=O)NCCCNC(=O)CC#N)c1. The van der Waals surface area contributed by atoms with Gasteiger partial charge in [0.05, 0.1) is 6.07 Å². The van der Waals surface area contributed by atoms with Crippen molar-refractivity contribution in [3.05, 3.63) is 29.8 Å². The predicted octanol–water partition coefficient (Wildman–Crippen LogP) is 0.762. The van der Waals surface area contributed by atoms with E-state index in [0.29, 0.717) is 30.8 Å². The van der Waals surface area contributed by atoms with Crippen LogP contribution >= 0.6 is 0 Å². The van der Waals surface area contributed by atoms with E-state index in [2.05, 4.69) is 10.6 Å². The van der Waals surface area contributed by atoms with Crippen LogP contribution in [-0.4, -0.2) is 30.9 Å². The quantitative estimate of drug-likeness (QED) is 0.439. The number of carbonyl (C=O) groups excluding carboxylic acids is 3. The molecule has 0 atom stereocenters. The Labute approximate surface area is 128 Å². The van der Waals surface area contributed by atoms with Gasteiger partial charge < -0.3 is 15.4 Å². The fourth-order valence-corrected chi connectivity index (χ4v) is 1.62. The summed E-state index contributed by atoms with van der Waals surface area (Å²) in [5.74, 6) is -0.769. The van der Waals surface area contributed by atoms with Gasteiger partial charge in [0.1, 0.15) is 12.2 Å². The molecule has 0 unspecified atom stereocenters. The lowest BCUT2D eigenvalue weighted by atomic mass is 10.2. The Morgan fingerprint density at radius 1 is 1.23 bits per heavy atom. The zero-order valence-electron chi connectivity index (χ0n) is 12.2. The maximum absolute atomic E-state index is 11.9. The van der Waals surface area contributed by atoms with Crippen LogP contribution < -0.4 is 15.4 Å². The van der Waals surface area contributed by atoms with Gasteiger partial charge in [-0.1, -0.05) is 6.07 Å². The molecule has 0 fully saturated rings. The number of hydrogen-bond donors (Lipinski definition) is 2. The summed E-state index contributed by atoms with van der Waals surface area (Å²) in [6, 6.07) is 8.04. The van der Waals surface area contributed by atoms with Crippen LogP contribution in [0.4, 0.5) is 0 Å². The third-order valence-electron chi connectivity index (χ3n) is 2.56. The average Bonchev–Trinajstić information content (AvgIpc) is 2.46. The molecule has 0 aromatic heterocycles. The number of nitrogens with one attached hydrogen (secondary N) is 2. The first-order valence-corrected chi connectivity index (χ1v) is 6.73. The number of nitrogens with zero attached hydrogens (tertiary/aromatic N) is 1. The van der Waals surface area contributed by atoms with Crippen LogP contribution in [0.1, 0.15) is 30.1 Å². The van der Waals surface area contributed by atoms with E-state index >= 15 is 0 Å². The number of esters is 1. The Balaban J connectivity index is 2.35. The van der Waals surface area contributed by atoms with Crippen molar-refractivity contribution in [1.29, 1.82) is 5.26 Å². The van der Waals surface area contributed by atoms with Crippen molar-refractivity contribution in [3.63, 3.8) is 0 Å². The molecule has 2 N–H and O–H groups in total. The molecule has 0 aliphatic heterocycles. The monoisotopic (exact) mass is 303 g/mol. The molecule has 0 heterocycles. The van der Waals surface area contributed by atoms with E-state index in [4.69, 9.17) is 10.00 Å². The van der Waals surface area contributed by atoms with Crippen LogP contribution in [-0.2, 0) is 9.59 Å². The van der Waals surface area contributed by atoms with Crippen LogP contribution in [0.5, 0.6) is 5.75 Å². The Kier molecular flexibility index (Phi) is 7.13. The second kappa shape index (κ2) is 9.13. The highest BCUT2D eigenvalue weighted by molar-refractivity contribution is 5.94. The van der Waals surface area contributed by atoms with E-state index in [9.17, 15) is 14.4 Å². The lowest BCUT2D eigenvalue weighted by molar-refractivity contribution is -0.131. The molecule has 7 nitrogen and oxygen atoms in total. The van der Waals surface area contributed by atoms with E-state index < -0.39 is 5.97 Å². The molecule has 1 rings (SSSR count). The van der Waals surface area contributed by atoms with Crippen LogP contribution in [0.3, 0.4) is 0 Å². The Morgan fingerprint density at radius 3 is 2.64 bits per heavy atom. The molecule has 0 spiro atoms. The average molecular weight is 303 g/mol. The van der Waals surface area contributed by atoms with Crippen LogP contribution in [0, 0.1) is 11.3 Å². The van der Waals surface area contributed by atoms with E-state index in [0.717, 1.165) is 0 Å². The molecule has 0 aliphatic rings. The molecule has 116 valence electrons. The molecular weight excluding hydrogens is 286 g/mol. The van der Waals surface area contributed by atoms with E-state index in [1.54, 1.807) is 24.3 Å². The molecule has 1 aromatic carbocycles. The largest absolute Gasteiger partial charge is 0.427 e. The topological polar surface area (TPSA) is 108 Å². The highest BCUT2D eigenvalue weighted by Crippen LogP contribution is 2.13. The van der Waals surface area contributed by atoms with Gasteiger partial charge in [-0.2, -0.15) is 5.26 Å². The van der Waals surface area contributed by atoms with Gasteiger partial charge in [-0.05, 0) is 24.6 Å². The molecule has 0 saturated carbocycles. The zero-order valence-corrected chi connectivity index (χ0v) is 12.2. The second-order valence-electron chi connectivity index (χ2n) is 4.42. The van der Waals surface area contributed by atoms with Crippen molar-refractivity contribution >= 4 is 17.8 Å². The fourth-order valence-electron chi connectivity index (χ4n) is 1.62. The number of benzene rings is 1. The van der Waals surface area contributed by atoms with E-state index in [1.807, 2.05) is 0 Å². The Morgan fingerprint density at radius 2 is 1.95 bits per heavy atom. The summed E-state index contributed by atoms with van der Waals surface area (Å²) in [4.78, 5) is 33.8. The van der Waals surface area contributed by atoms with Crippen molar-refractivity contribution in [3.8, 4) is 11.8 Å². The van der Waals surface area contributed by atoms with Gasteiger partial charge in [-0.15, -0.1) is 0 Å². The molecule has 2 amide bonds. The smallest absolute Gasteiger partial charge is 0.308 e. The van der Waals surface area contributed by atoms with Gasteiger partial charge >= 0.3 is 5.97 Å². The summed E-state index contributed by atoms with van der Waals surface area (Å²) in [5.41, 5.74) is 0.382. The first-order chi connectivity index (χ1) is 10.5. The number of carbonyl (C=O) groups is 3. The third kappa shape index (κ3) is 6.52. The number of nitriles is 1. The third-order valence-corrected chi connectivity index (χ3v) is 2.56. The molecule has 0 radical (unpaired) electrons. The number of ether oxygens (including phenoxy) is 1. The van der Waals surface area contributed by atoms with E-state index in [-0.39, 0.29) is 18.2 Å². The summed E-state index contributed by atoms with van der Waals surface area (Å²) < 4.78 is 4.90. The summed E-state index contributed by atoms with van der Waals surface area (Å²) in [7, 11) is 0. The molecule has 1 aromatic rings. The van der Waals surface area contributed by atoms with E-state index in [1.165, 1.54) is 13.0 Å². The van der Waals surface area contributed by atoms with Gasteiger partial charge in [-0.3, -0.25) is 14.4 Å². The Hall–Kier alpha value is -2.88. The first kappa shape index (κ1) is 17.2. The van der Waals surface area contributed by atoms with Crippen molar-refractivity contribution in [2.24, 2.45) is 0 Å². The zero-order chi connectivity index (χ0) is 16.4. The second-order valence-corrected chi connectivity index (χ2v) is 4.42. The minimum atomic E-state index is -0.453. The number of amides is 2. The highest BCUT2D eigenvalue weighted by Gasteiger charge is 2.07. The Bertz CT molecular complexity index is 593. The van der Waals surface area contributed by atoms with Crippen molar-refractivity contribution in [2.75, 3.05) is 13.1 Å². The number of hydrogen-bond acceptors (Lipinski definition) is 5. The summed E-state index contributed by atoms with van der Waals surface area (Å²) in [5, 5.41) is 13.6. The standard InChI is InChI=1S/C15H17N3O4/c1-11(19)22-13-5-2-4-12(10-13)15(21)18-9-3-8-17-14(20)6-7-16/h2,4-5,10H,3,6,8-9H2,1H3,(H,17,20)(H,18,21). The van der Waals surface area contributed by atoms with Crippen LogP contribution in [0.25, 0.3) is 0 Å². The molecule has 7 heteroatoms. The molecule has 0 aliphatic carbocycles. The molecular formula is C15H17N3O4. The van der Waals surface area contributed by atoms with Crippen molar-refractivity contribution in [2.45, 2.75) is 19.8 Å². The van der Waals surface area contributed by atoms with Gasteiger partial charge in [0.15, 0.2) is 0 Å². The fraction of sp³-hybridized carbons (Fsp3) is 0.333. The first-order valence-electron chi connectivity index (χ1n) is 6.73. The molecule has 0 saturated heterocycles. The highest BCUT2D eigenvalue weighted by atomic mass is 16.5. The maximum Gasteiger partial charge on any atom is 0.308 e. The normalized spacial score (nSPS) is 9.45. The maximum atomic E-state index is 11.9. The van der Waals surface area contributed by atoms with Gasteiger partial charge in [0.2, 0.25) is 5.91 Å². The molecule has 22 heavy (non-hydrogen) atoms. The predicted molar refractivity (Wildman–Crippen MR) is 77.9 cm³/mol. The summed E-state index contributed by atoms with van der Waals surface area (Å²) >= 11 is 0. The lowest BCUT2D eigenvalue weighted by Gasteiger charge is -2.07. The van der Waals surface area contributed by atoms with Crippen LogP contribution in [0.2, 0.25) is 0 Å². The van der Waals surface area contributed by atoms with Gasteiger partial charge in [0, 0.05) is 25.6 Å². The van der Waals surface area contributed by atoms with Crippen molar-refractivity contribution in [1.82, 2.24) is 10.6 Å². The lowest BCUT2D eigenvalue weighted by Crippen LogP contribution is -2.29. The van der Waals surface area contributed by atoms with Crippen molar-refractivity contribution < 1.29 is 19.1 Å². The minimum Gasteiger partial charge on any atom is -0.427 e. The minimum absolute atomic E-state index is 0.171. The summed E-state index contributed by atoms with van der Waals surface area (Å²) in [6.45, 7) is 2.05. The molecule has 0 bridgehead atoms. The van der Waals surface area contributed by atoms with Gasteiger partial charge in [-0.25, -0.2) is 0 Å². The van der Waals surface area contributed by atoms with Gasteiger partial charge in [0.25, 0.3) is 5.91 Å².